The summed E-state index contributed by atoms with van der Waals surface area (Å²) in [5.74, 6) is 0. The standard InChI is InChI=1S/C16H18BrClO2/c1-19-9-8-15-6-7-16(20-11-15,14(17)10-15)12-2-4-13(18)5-3-12/h2-5,8-9,14H,6-7,10-11H2,1H3/b9-8+. The number of methoxy groups -OCH3 is 1. The molecule has 20 heavy (non-hydrogen) atoms. The summed E-state index contributed by atoms with van der Waals surface area (Å²) in [6.45, 7) is 0.748. The summed E-state index contributed by atoms with van der Waals surface area (Å²) in [5.41, 5.74) is 1.11. The Morgan fingerprint density at radius 3 is 2.65 bits per heavy atom. The van der Waals surface area contributed by atoms with Crippen LogP contribution in [0.15, 0.2) is 36.6 Å². The number of alkyl halides is 1. The molecule has 1 aromatic rings. The van der Waals surface area contributed by atoms with E-state index in [1.807, 2.05) is 12.1 Å². The molecule has 0 N–H and O–H groups in total. The molecule has 3 unspecified atom stereocenters. The van der Waals surface area contributed by atoms with Gasteiger partial charge in [0.1, 0.15) is 5.60 Å². The van der Waals surface area contributed by atoms with Crippen LogP contribution in [0.5, 0.6) is 0 Å². The molecule has 2 saturated heterocycles. The van der Waals surface area contributed by atoms with Crippen molar-refractivity contribution < 1.29 is 9.47 Å². The Kier molecular flexibility index (Phi) is 3.87. The smallest absolute Gasteiger partial charge is 0.106 e. The van der Waals surface area contributed by atoms with Crippen molar-refractivity contribution in [2.45, 2.75) is 29.7 Å². The molecule has 1 saturated carbocycles. The molecular formula is C16H18BrClO2. The van der Waals surface area contributed by atoms with E-state index in [4.69, 9.17) is 21.1 Å². The fourth-order valence-corrected chi connectivity index (χ4v) is 4.73. The maximum absolute atomic E-state index is 6.31. The Morgan fingerprint density at radius 1 is 1.35 bits per heavy atom. The predicted molar refractivity (Wildman–Crippen MR) is 84.2 cm³/mol. The first kappa shape index (κ1) is 14.4. The highest BCUT2D eigenvalue weighted by Crippen LogP contribution is 2.56. The first-order valence-corrected chi connectivity index (χ1v) is 8.14. The number of benzene rings is 1. The Hall–Kier alpha value is -0.510. The Morgan fingerprint density at radius 2 is 2.10 bits per heavy atom. The fourth-order valence-electron chi connectivity index (χ4n) is 3.33. The number of hydrogen-bond donors (Lipinski definition) is 0. The van der Waals surface area contributed by atoms with Gasteiger partial charge in [-0.1, -0.05) is 39.7 Å². The van der Waals surface area contributed by atoms with E-state index in [0.29, 0.717) is 4.83 Å². The topological polar surface area (TPSA) is 18.5 Å². The number of ether oxygens (including phenoxy) is 2. The molecule has 4 heteroatoms. The van der Waals surface area contributed by atoms with Crippen LogP contribution in [0.2, 0.25) is 5.02 Å². The first-order valence-electron chi connectivity index (χ1n) is 6.85. The zero-order valence-corrected chi connectivity index (χ0v) is 13.8. The highest BCUT2D eigenvalue weighted by atomic mass is 79.9. The summed E-state index contributed by atoms with van der Waals surface area (Å²) in [7, 11) is 1.68. The number of fused-ring (bicyclic) bond motifs is 3. The van der Waals surface area contributed by atoms with Crippen LogP contribution in [0.1, 0.15) is 24.8 Å². The van der Waals surface area contributed by atoms with Gasteiger partial charge in [0.15, 0.2) is 0 Å². The summed E-state index contributed by atoms with van der Waals surface area (Å²) in [6, 6.07) is 8.05. The van der Waals surface area contributed by atoms with Gasteiger partial charge in [0.2, 0.25) is 0 Å². The summed E-state index contributed by atoms with van der Waals surface area (Å²) in [4.78, 5) is 0.306. The summed E-state index contributed by atoms with van der Waals surface area (Å²) < 4.78 is 11.4. The fraction of sp³-hybridized carbons (Fsp3) is 0.500. The van der Waals surface area contributed by atoms with Crippen molar-refractivity contribution in [2.75, 3.05) is 13.7 Å². The third-order valence-electron chi connectivity index (χ3n) is 4.59. The van der Waals surface area contributed by atoms with Crippen molar-refractivity contribution in [1.29, 1.82) is 0 Å². The van der Waals surface area contributed by atoms with Gasteiger partial charge in [-0.3, -0.25) is 0 Å². The van der Waals surface area contributed by atoms with Gasteiger partial charge in [0.05, 0.1) is 20.0 Å². The zero-order chi connectivity index (χ0) is 14.2. The molecule has 3 aliphatic rings. The third-order valence-corrected chi connectivity index (χ3v) is 5.91. The predicted octanol–water partition coefficient (Wildman–Crippen LogP) is 4.66. The second-order valence-electron chi connectivity index (χ2n) is 5.76. The lowest BCUT2D eigenvalue weighted by Crippen LogP contribution is -2.55. The number of halogens is 2. The normalized spacial score (nSPS) is 36.5. The van der Waals surface area contributed by atoms with Gasteiger partial charge >= 0.3 is 0 Å². The maximum Gasteiger partial charge on any atom is 0.106 e. The average Bonchev–Trinajstić information content (AvgIpc) is 2.47. The van der Waals surface area contributed by atoms with Crippen molar-refractivity contribution in [3.05, 3.63) is 47.2 Å². The Labute approximate surface area is 133 Å². The lowest BCUT2D eigenvalue weighted by Gasteiger charge is -2.55. The van der Waals surface area contributed by atoms with Crippen LogP contribution in [0, 0.1) is 5.41 Å². The van der Waals surface area contributed by atoms with E-state index in [1.54, 1.807) is 13.4 Å². The van der Waals surface area contributed by atoms with Crippen LogP contribution in [0.3, 0.4) is 0 Å². The Bertz CT molecular complexity index is 504. The van der Waals surface area contributed by atoms with Gasteiger partial charge in [0.25, 0.3) is 0 Å². The van der Waals surface area contributed by atoms with Crippen molar-refractivity contribution in [2.24, 2.45) is 5.41 Å². The van der Waals surface area contributed by atoms with Gasteiger partial charge in [-0.2, -0.15) is 0 Å². The quantitative estimate of drug-likeness (QED) is 0.578. The van der Waals surface area contributed by atoms with Crippen molar-refractivity contribution >= 4 is 27.5 Å². The molecule has 0 amide bonds. The van der Waals surface area contributed by atoms with Crippen LogP contribution in [-0.4, -0.2) is 18.5 Å². The van der Waals surface area contributed by atoms with E-state index in [1.165, 1.54) is 5.56 Å². The second-order valence-corrected chi connectivity index (χ2v) is 7.30. The molecule has 1 aliphatic carbocycles. The van der Waals surface area contributed by atoms with E-state index in [-0.39, 0.29) is 11.0 Å². The lowest BCUT2D eigenvalue weighted by molar-refractivity contribution is -0.167. The van der Waals surface area contributed by atoms with Gasteiger partial charge in [-0.05, 0) is 43.0 Å². The minimum absolute atomic E-state index is 0.109. The SMILES string of the molecule is CO/C=C/C12CCC(c3ccc(Cl)cc3)(OC1)C(Br)C2. The zero-order valence-electron chi connectivity index (χ0n) is 11.4. The van der Waals surface area contributed by atoms with Gasteiger partial charge in [0, 0.05) is 15.3 Å². The monoisotopic (exact) mass is 356 g/mol. The molecule has 3 atom stereocenters. The van der Waals surface area contributed by atoms with E-state index in [2.05, 4.69) is 34.1 Å². The van der Waals surface area contributed by atoms with Crippen molar-refractivity contribution in [3.8, 4) is 0 Å². The van der Waals surface area contributed by atoms with Crippen LogP contribution in [0.4, 0.5) is 0 Å². The second kappa shape index (κ2) is 5.36. The molecule has 2 aliphatic heterocycles. The molecule has 2 heterocycles. The molecule has 0 aromatic heterocycles. The minimum atomic E-state index is -0.215. The van der Waals surface area contributed by atoms with E-state index in [9.17, 15) is 0 Å². The number of hydrogen-bond acceptors (Lipinski definition) is 2. The molecule has 2 nitrogen and oxygen atoms in total. The highest BCUT2D eigenvalue weighted by molar-refractivity contribution is 9.09. The van der Waals surface area contributed by atoms with E-state index in [0.717, 1.165) is 30.9 Å². The molecule has 2 bridgehead atoms. The Balaban J connectivity index is 1.88. The maximum atomic E-state index is 6.31. The highest BCUT2D eigenvalue weighted by Gasteiger charge is 2.54. The third kappa shape index (κ3) is 2.30. The molecule has 3 fully saturated rings. The van der Waals surface area contributed by atoms with E-state index >= 15 is 0 Å². The lowest BCUT2D eigenvalue weighted by atomic mass is 9.64. The first-order chi connectivity index (χ1) is 9.60. The molecular weight excluding hydrogens is 340 g/mol. The average molecular weight is 358 g/mol. The largest absolute Gasteiger partial charge is 0.505 e. The van der Waals surface area contributed by atoms with Crippen LogP contribution in [-0.2, 0) is 15.1 Å². The van der Waals surface area contributed by atoms with Gasteiger partial charge < -0.3 is 9.47 Å². The summed E-state index contributed by atoms with van der Waals surface area (Å²) in [5, 5.41) is 0.764. The minimum Gasteiger partial charge on any atom is -0.505 e. The van der Waals surface area contributed by atoms with Gasteiger partial charge in [-0.25, -0.2) is 0 Å². The molecule has 4 rings (SSSR count). The van der Waals surface area contributed by atoms with Crippen molar-refractivity contribution in [1.82, 2.24) is 0 Å². The summed E-state index contributed by atoms with van der Waals surface area (Å²) in [6.07, 6.45) is 7.14. The van der Waals surface area contributed by atoms with Gasteiger partial charge in [-0.15, -0.1) is 0 Å². The number of rotatable bonds is 3. The van der Waals surface area contributed by atoms with Crippen molar-refractivity contribution in [3.63, 3.8) is 0 Å². The molecule has 108 valence electrons. The van der Waals surface area contributed by atoms with Crippen LogP contribution in [0.25, 0.3) is 0 Å². The van der Waals surface area contributed by atoms with Crippen LogP contribution >= 0.6 is 27.5 Å². The summed E-state index contributed by atoms with van der Waals surface area (Å²) >= 11 is 9.84. The molecule has 1 aromatic carbocycles. The molecule has 0 spiro atoms. The van der Waals surface area contributed by atoms with E-state index < -0.39 is 0 Å². The molecule has 0 radical (unpaired) electrons. The van der Waals surface area contributed by atoms with Crippen LogP contribution < -0.4 is 0 Å².